The van der Waals surface area contributed by atoms with Gasteiger partial charge < -0.3 is 15.2 Å². The first kappa shape index (κ1) is 16.0. The highest BCUT2D eigenvalue weighted by Crippen LogP contribution is 2.26. The minimum Gasteiger partial charge on any atom is -0.481 e. The molecule has 0 fully saturated rings. The molecule has 1 heterocycles. The summed E-state index contributed by atoms with van der Waals surface area (Å²) in [5.41, 5.74) is 1.63. The van der Waals surface area contributed by atoms with E-state index in [1.54, 1.807) is 31.5 Å². The Hall–Kier alpha value is -1.33. The second-order valence-electron chi connectivity index (χ2n) is 4.52. The molecule has 1 unspecified atom stereocenters. The standard InChI is InChI=1S/C15H16Cl2N2O2/c1-21-15-6-10(4-5-19-15)8-18-9-14(20)12-7-11(16)2-3-13(12)17/h2-7,14,18,20H,8-9H2,1H3. The molecule has 112 valence electrons. The van der Waals surface area contributed by atoms with Crippen LogP contribution >= 0.6 is 23.2 Å². The van der Waals surface area contributed by atoms with Gasteiger partial charge in [0.15, 0.2) is 0 Å². The van der Waals surface area contributed by atoms with Crippen LogP contribution in [0.2, 0.25) is 10.0 Å². The SMILES string of the molecule is COc1cc(CNCC(O)c2cc(Cl)ccc2Cl)ccn1. The van der Waals surface area contributed by atoms with Crippen molar-refractivity contribution in [3.8, 4) is 5.88 Å². The summed E-state index contributed by atoms with van der Waals surface area (Å²) in [7, 11) is 1.57. The lowest BCUT2D eigenvalue weighted by atomic mass is 10.1. The van der Waals surface area contributed by atoms with Gasteiger partial charge in [0.25, 0.3) is 0 Å². The van der Waals surface area contributed by atoms with Gasteiger partial charge >= 0.3 is 0 Å². The number of nitrogens with one attached hydrogen (secondary N) is 1. The highest BCUT2D eigenvalue weighted by molar-refractivity contribution is 6.33. The molecule has 2 aromatic rings. The van der Waals surface area contributed by atoms with Crippen molar-refractivity contribution >= 4 is 23.2 Å². The molecule has 0 saturated carbocycles. The summed E-state index contributed by atoms with van der Waals surface area (Å²) in [6.45, 7) is 0.957. The molecule has 0 spiro atoms. The highest BCUT2D eigenvalue weighted by atomic mass is 35.5. The van der Waals surface area contributed by atoms with E-state index >= 15 is 0 Å². The van der Waals surface area contributed by atoms with E-state index in [4.69, 9.17) is 27.9 Å². The van der Waals surface area contributed by atoms with Gasteiger partial charge in [0.1, 0.15) is 0 Å². The Labute approximate surface area is 133 Å². The summed E-state index contributed by atoms with van der Waals surface area (Å²) >= 11 is 12.0. The highest BCUT2D eigenvalue weighted by Gasteiger charge is 2.12. The van der Waals surface area contributed by atoms with Gasteiger partial charge in [-0.1, -0.05) is 23.2 Å². The van der Waals surface area contributed by atoms with E-state index in [-0.39, 0.29) is 0 Å². The zero-order valence-electron chi connectivity index (χ0n) is 11.5. The second-order valence-corrected chi connectivity index (χ2v) is 5.36. The average molecular weight is 327 g/mol. The molecule has 0 radical (unpaired) electrons. The van der Waals surface area contributed by atoms with E-state index in [1.807, 2.05) is 12.1 Å². The minimum atomic E-state index is -0.722. The fraction of sp³-hybridized carbons (Fsp3) is 0.267. The zero-order chi connectivity index (χ0) is 15.2. The van der Waals surface area contributed by atoms with Crippen molar-refractivity contribution in [1.29, 1.82) is 0 Å². The van der Waals surface area contributed by atoms with Gasteiger partial charge in [0, 0.05) is 41.0 Å². The molecule has 1 atom stereocenters. The number of methoxy groups -OCH3 is 1. The Kier molecular flexibility index (Phi) is 5.82. The van der Waals surface area contributed by atoms with E-state index in [0.29, 0.717) is 34.6 Å². The monoisotopic (exact) mass is 326 g/mol. The first-order chi connectivity index (χ1) is 10.1. The summed E-state index contributed by atoms with van der Waals surface area (Å²) in [5, 5.41) is 14.4. The Bertz CT molecular complexity index is 608. The number of aliphatic hydroxyl groups excluding tert-OH is 1. The van der Waals surface area contributed by atoms with Crippen molar-refractivity contribution in [2.24, 2.45) is 0 Å². The summed E-state index contributed by atoms with van der Waals surface area (Å²) in [6, 6.07) is 8.76. The number of nitrogens with zero attached hydrogens (tertiary/aromatic N) is 1. The van der Waals surface area contributed by atoms with Crippen LogP contribution in [0.4, 0.5) is 0 Å². The number of aromatic nitrogens is 1. The lowest BCUT2D eigenvalue weighted by molar-refractivity contribution is 0.174. The number of rotatable bonds is 6. The Morgan fingerprint density at radius 1 is 1.29 bits per heavy atom. The van der Waals surface area contributed by atoms with Gasteiger partial charge in [-0.15, -0.1) is 0 Å². The van der Waals surface area contributed by atoms with Gasteiger partial charge in [-0.3, -0.25) is 0 Å². The summed E-state index contributed by atoms with van der Waals surface area (Å²) < 4.78 is 5.06. The van der Waals surface area contributed by atoms with Crippen molar-refractivity contribution in [2.75, 3.05) is 13.7 Å². The fourth-order valence-electron chi connectivity index (χ4n) is 1.91. The van der Waals surface area contributed by atoms with Crippen LogP contribution in [-0.2, 0) is 6.54 Å². The smallest absolute Gasteiger partial charge is 0.213 e. The van der Waals surface area contributed by atoms with Gasteiger partial charge in [0.2, 0.25) is 5.88 Å². The minimum absolute atomic E-state index is 0.366. The first-order valence-electron chi connectivity index (χ1n) is 6.43. The average Bonchev–Trinajstić information content (AvgIpc) is 2.49. The van der Waals surface area contributed by atoms with E-state index in [9.17, 15) is 5.11 Å². The molecule has 1 aromatic heterocycles. The van der Waals surface area contributed by atoms with E-state index in [0.717, 1.165) is 5.56 Å². The van der Waals surface area contributed by atoms with Crippen LogP contribution in [0.3, 0.4) is 0 Å². The molecule has 0 aliphatic carbocycles. The predicted octanol–water partition coefficient (Wildman–Crippen LogP) is 3.22. The third-order valence-electron chi connectivity index (χ3n) is 2.99. The van der Waals surface area contributed by atoms with E-state index in [1.165, 1.54) is 0 Å². The maximum absolute atomic E-state index is 10.2. The van der Waals surface area contributed by atoms with Crippen LogP contribution in [0.5, 0.6) is 5.88 Å². The van der Waals surface area contributed by atoms with Crippen LogP contribution in [0.1, 0.15) is 17.2 Å². The van der Waals surface area contributed by atoms with Crippen molar-refractivity contribution in [2.45, 2.75) is 12.6 Å². The number of benzene rings is 1. The van der Waals surface area contributed by atoms with Crippen LogP contribution < -0.4 is 10.1 Å². The number of hydrogen-bond acceptors (Lipinski definition) is 4. The molecule has 4 nitrogen and oxygen atoms in total. The number of hydrogen-bond donors (Lipinski definition) is 2. The maximum Gasteiger partial charge on any atom is 0.213 e. The molecule has 6 heteroatoms. The zero-order valence-corrected chi connectivity index (χ0v) is 13.0. The normalized spacial score (nSPS) is 12.2. The van der Waals surface area contributed by atoms with Gasteiger partial charge in [-0.2, -0.15) is 0 Å². The number of aliphatic hydroxyl groups is 1. The predicted molar refractivity (Wildman–Crippen MR) is 83.9 cm³/mol. The summed E-state index contributed by atoms with van der Waals surface area (Å²) in [6.07, 6.45) is 0.958. The first-order valence-corrected chi connectivity index (χ1v) is 7.18. The number of halogens is 2. The molecule has 2 N–H and O–H groups in total. The molecule has 2 rings (SSSR count). The molecular weight excluding hydrogens is 311 g/mol. The molecule has 1 aromatic carbocycles. The van der Waals surface area contributed by atoms with Crippen molar-refractivity contribution < 1.29 is 9.84 Å². The van der Waals surface area contributed by atoms with E-state index in [2.05, 4.69) is 10.3 Å². The van der Waals surface area contributed by atoms with Crippen LogP contribution in [0, 0.1) is 0 Å². The molecule has 0 bridgehead atoms. The van der Waals surface area contributed by atoms with E-state index < -0.39 is 6.10 Å². The number of pyridine rings is 1. The lowest BCUT2D eigenvalue weighted by Gasteiger charge is -2.14. The summed E-state index contributed by atoms with van der Waals surface area (Å²) in [5.74, 6) is 0.563. The topological polar surface area (TPSA) is 54.4 Å². The Balaban J connectivity index is 1.92. The quantitative estimate of drug-likeness (QED) is 0.855. The molecule has 0 aliphatic heterocycles. The van der Waals surface area contributed by atoms with Crippen LogP contribution in [0.25, 0.3) is 0 Å². The van der Waals surface area contributed by atoms with Gasteiger partial charge in [0.05, 0.1) is 13.2 Å². The Morgan fingerprint density at radius 2 is 2.10 bits per heavy atom. The summed E-state index contributed by atoms with van der Waals surface area (Å²) in [4.78, 5) is 4.04. The van der Waals surface area contributed by atoms with Gasteiger partial charge in [-0.25, -0.2) is 4.98 Å². The third kappa shape index (κ3) is 4.58. The third-order valence-corrected chi connectivity index (χ3v) is 3.57. The largest absolute Gasteiger partial charge is 0.481 e. The molecule has 0 saturated heterocycles. The van der Waals surface area contributed by atoms with Crippen molar-refractivity contribution in [3.63, 3.8) is 0 Å². The molecule has 21 heavy (non-hydrogen) atoms. The molecule has 0 aliphatic rings. The lowest BCUT2D eigenvalue weighted by Crippen LogP contribution is -2.21. The maximum atomic E-state index is 10.2. The van der Waals surface area contributed by atoms with Crippen molar-refractivity contribution in [1.82, 2.24) is 10.3 Å². The Morgan fingerprint density at radius 3 is 2.86 bits per heavy atom. The van der Waals surface area contributed by atoms with Crippen LogP contribution in [-0.4, -0.2) is 23.7 Å². The second kappa shape index (κ2) is 7.61. The molecule has 0 amide bonds. The van der Waals surface area contributed by atoms with Crippen molar-refractivity contribution in [3.05, 3.63) is 57.7 Å². The van der Waals surface area contributed by atoms with Crippen LogP contribution in [0.15, 0.2) is 36.5 Å². The molecular formula is C15H16Cl2N2O2. The van der Waals surface area contributed by atoms with Gasteiger partial charge in [-0.05, 0) is 29.8 Å². The fourth-order valence-corrected chi connectivity index (χ4v) is 2.33. The number of ether oxygens (including phenoxy) is 1.